The molecule has 1 fully saturated rings. The zero-order chi connectivity index (χ0) is 23.0. The van der Waals surface area contributed by atoms with Crippen LogP contribution in [0.4, 0.5) is 5.69 Å². The molecule has 1 N–H and O–H groups in total. The van der Waals surface area contributed by atoms with Crippen LogP contribution in [-0.2, 0) is 24.9 Å². The number of nitrogens with zero attached hydrogens (tertiary/aromatic N) is 5. The van der Waals surface area contributed by atoms with Crippen LogP contribution in [0.3, 0.4) is 0 Å². The minimum Gasteiger partial charge on any atom is -0.489 e. The number of benzene rings is 2. The number of rotatable bonds is 7. The lowest BCUT2D eigenvalue weighted by atomic mass is 10.1. The monoisotopic (exact) mass is 574 g/mol. The number of aryl methyl sites for hydroxylation is 1. The molecule has 34 heavy (non-hydrogen) atoms. The predicted octanol–water partition coefficient (Wildman–Crippen LogP) is 3.08. The second-order valence-corrected chi connectivity index (χ2v) is 7.98. The van der Waals surface area contributed by atoms with Crippen LogP contribution in [0.2, 0.25) is 0 Å². The highest BCUT2D eigenvalue weighted by Crippen LogP contribution is 2.17. The molecule has 1 aliphatic heterocycles. The Kier molecular flexibility index (Phi) is 9.32. The minimum absolute atomic E-state index is 0. The first-order chi connectivity index (χ1) is 16.1. The summed E-state index contributed by atoms with van der Waals surface area (Å²) in [5.74, 6) is 1.65. The number of nitrogens with one attached hydrogen (secondary N) is 1. The van der Waals surface area contributed by atoms with Gasteiger partial charge in [0.1, 0.15) is 18.9 Å². The number of aliphatic imine (C=N–C) groups is 1. The maximum atomic E-state index is 12.7. The predicted molar refractivity (Wildman–Crippen MR) is 145 cm³/mol. The lowest BCUT2D eigenvalue weighted by Gasteiger charge is -2.35. The molecule has 2 aromatic carbocycles. The first kappa shape index (κ1) is 25.5. The Labute approximate surface area is 217 Å². The first-order valence-corrected chi connectivity index (χ1v) is 11.1. The zero-order valence-electron chi connectivity index (χ0n) is 19.6. The fourth-order valence-electron chi connectivity index (χ4n) is 3.82. The SMILES string of the molecule is CN=C(NCCc1ccc(OCc2ccccc2)cc1)N1CCN(c2cnn(C)c2)C(=O)C1.I. The van der Waals surface area contributed by atoms with Gasteiger partial charge in [-0.15, -0.1) is 24.0 Å². The van der Waals surface area contributed by atoms with Crippen LogP contribution in [0.1, 0.15) is 11.1 Å². The normalized spacial score (nSPS) is 14.1. The van der Waals surface area contributed by atoms with Crippen LogP contribution in [0.15, 0.2) is 72.0 Å². The molecule has 180 valence electrons. The molecule has 1 amide bonds. The molecule has 8 nitrogen and oxygen atoms in total. The summed E-state index contributed by atoms with van der Waals surface area (Å²) in [7, 11) is 3.60. The molecule has 0 saturated carbocycles. The third kappa shape index (κ3) is 6.72. The molecule has 0 radical (unpaired) electrons. The summed E-state index contributed by atoms with van der Waals surface area (Å²) in [6.07, 6.45) is 4.43. The molecule has 9 heteroatoms. The van der Waals surface area contributed by atoms with E-state index < -0.39 is 0 Å². The van der Waals surface area contributed by atoms with E-state index >= 15 is 0 Å². The van der Waals surface area contributed by atoms with Crippen molar-refractivity contribution in [3.05, 3.63) is 78.1 Å². The molecular formula is C25H31IN6O2. The number of carbonyl (C=O) groups excluding carboxylic acids is 1. The van der Waals surface area contributed by atoms with E-state index in [1.807, 2.05) is 48.5 Å². The molecule has 1 aromatic heterocycles. The third-order valence-corrected chi connectivity index (χ3v) is 5.60. The fraction of sp³-hybridized carbons (Fsp3) is 0.320. The van der Waals surface area contributed by atoms with Gasteiger partial charge in [0.15, 0.2) is 5.96 Å². The molecule has 1 saturated heterocycles. The number of hydrogen-bond donors (Lipinski definition) is 1. The molecule has 0 unspecified atom stereocenters. The Bertz CT molecular complexity index is 1080. The maximum Gasteiger partial charge on any atom is 0.246 e. The molecular weight excluding hydrogens is 543 g/mol. The Balaban J connectivity index is 0.00000324. The van der Waals surface area contributed by atoms with Crippen molar-refractivity contribution in [2.24, 2.45) is 12.0 Å². The van der Waals surface area contributed by atoms with Gasteiger partial charge in [0.2, 0.25) is 5.91 Å². The van der Waals surface area contributed by atoms with Crippen molar-refractivity contribution in [2.75, 3.05) is 38.1 Å². The number of anilines is 1. The number of piperazine rings is 1. The van der Waals surface area contributed by atoms with Crippen LogP contribution >= 0.6 is 24.0 Å². The van der Waals surface area contributed by atoms with Gasteiger partial charge in [-0.25, -0.2) is 0 Å². The molecule has 0 spiro atoms. The largest absolute Gasteiger partial charge is 0.489 e. The number of halogens is 1. The Hall–Kier alpha value is -3.08. The van der Waals surface area contributed by atoms with Gasteiger partial charge in [-0.3, -0.25) is 14.5 Å². The van der Waals surface area contributed by atoms with Gasteiger partial charge in [-0.1, -0.05) is 42.5 Å². The van der Waals surface area contributed by atoms with E-state index in [2.05, 4.69) is 39.7 Å². The molecule has 0 aliphatic carbocycles. The quantitative estimate of drug-likeness (QED) is 0.267. The average molecular weight is 574 g/mol. The van der Waals surface area contributed by atoms with Gasteiger partial charge < -0.3 is 19.9 Å². The van der Waals surface area contributed by atoms with Crippen molar-refractivity contribution in [3.8, 4) is 5.75 Å². The van der Waals surface area contributed by atoms with Crippen molar-refractivity contribution < 1.29 is 9.53 Å². The van der Waals surface area contributed by atoms with Crippen LogP contribution < -0.4 is 15.0 Å². The summed E-state index contributed by atoms with van der Waals surface area (Å²) >= 11 is 0. The van der Waals surface area contributed by atoms with E-state index in [9.17, 15) is 4.79 Å². The Morgan fingerprint density at radius 1 is 1.09 bits per heavy atom. The average Bonchev–Trinajstić information content (AvgIpc) is 3.28. The molecule has 4 rings (SSSR count). The first-order valence-electron chi connectivity index (χ1n) is 11.1. The highest BCUT2D eigenvalue weighted by molar-refractivity contribution is 14.0. The molecule has 3 aromatic rings. The standard InChI is InChI=1S/C25H30N6O2.HI/c1-26-25(30-14-15-31(24(32)18-30)22-16-28-29(2)17-22)27-13-12-20-8-10-23(11-9-20)33-19-21-6-4-3-5-7-21;/h3-11,16-17H,12-15,18-19H2,1-2H3,(H,26,27);1H. The lowest BCUT2D eigenvalue weighted by molar-refractivity contribution is -0.120. The summed E-state index contributed by atoms with van der Waals surface area (Å²) in [6.45, 7) is 2.91. The van der Waals surface area contributed by atoms with Crippen LogP contribution in [0.25, 0.3) is 0 Å². The second-order valence-electron chi connectivity index (χ2n) is 7.98. The van der Waals surface area contributed by atoms with Crippen molar-refractivity contribution in [3.63, 3.8) is 0 Å². The van der Waals surface area contributed by atoms with Crippen molar-refractivity contribution >= 4 is 41.5 Å². The Morgan fingerprint density at radius 3 is 2.50 bits per heavy atom. The Morgan fingerprint density at radius 2 is 1.85 bits per heavy atom. The van der Waals surface area contributed by atoms with Crippen LogP contribution in [0, 0.1) is 0 Å². The van der Waals surface area contributed by atoms with Crippen molar-refractivity contribution in [1.82, 2.24) is 20.0 Å². The van der Waals surface area contributed by atoms with Crippen molar-refractivity contribution in [1.29, 1.82) is 0 Å². The van der Waals surface area contributed by atoms with Crippen LogP contribution in [0.5, 0.6) is 5.75 Å². The summed E-state index contributed by atoms with van der Waals surface area (Å²) in [4.78, 5) is 20.8. The van der Waals surface area contributed by atoms with Gasteiger partial charge in [0.25, 0.3) is 0 Å². The van der Waals surface area contributed by atoms with E-state index in [0.717, 1.165) is 35.9 Å². The lowest BCUT2D eigenvalue weighted by Crippen LogP contribution is -2.55. The summed E-state index contributed by atoms with van der Waals surface area (Å²) < 4.78 is 7.56. The number of ether oxygens (including phenoxy) is 1. The molecule has 0 bridgehead atoms. The zero-order valence-corrected chi connectivity index (χ0v) is 21.9. The highest BCUT2D eigenvalue weighted by Gasteiger charge is 2.27. The topological polar surface area (TPSA) is 75.0 Å². The van der Waals surface area contributed by atoms with E-state index in [-0.39, 0.29) is 29.9 Å². The van der Waals surface area contributed by atoms with Gasteiger partial charge in [0.05, 0.1) is 11.9 Å². The van der Waals surface area contributed by atoms with Crippen LogP contribution in [-0.4, -0.2) is 59.8 Å². The second kappa shape index (κ2) is 12.4. The number of aromatic nitrogens is 2. The molecule has 1 aliphatic rings. The number of amides is 1. The third-order valence-electron chi connectivity index (χ3n) is 5.60. The smallest absolute Gasteiger partial charge is 0.246 e. The van der Waals surface area contributed by atoms with Gasteiger partial charge in [-0.05, 0) is 29.7 Å². The number of guanidine groups is 1. The number of carbonyl (C=O) groups is 1. The fourth-order valence-corrected chi connectivity index (χ4v) is 3.82. The maximum absolute atomic E-state index is 12.7. The van der Waals surface area contributed by atoms with Gasteiger partial charge in [0, 0.05) is 39.9 Å². The van der Waals surface area contributed by atoms with E-state index in [1.54, 1.807) is 22.8 Å². The van der Waals surface area contributed by atoms with Crippen molar-refractivity contribution in [2.45, 2.75) is 13.0 Å². The molecule has 0 atom stereocenters. The van der Waals surface area contributed by atoms with Gasteiger partial charge >= 0.3 is 0 Å². The van der Waals surface area contributed by atoms with E-state index in [1.165, 1.54) is 5.56 Å². The summed E-state index contributed by atoms with van der Waals surface area (Å²) in [5.41, 5.74) is 3.20. The number of hydrogen-bond acceptors (Lipinski definition) is 4. The van der Waals surface area contributed by atoms with E-state index in [4.69, 9.17) is 4.74 Å². The summed E-state index contributed by atoms with van der Waals surface area (Å²) in [6, 6.07) is 18.3. The minimum atomic E-state index is 0. The van der Waals surface area contributed by atoms with Gasteiger partial charge in [-0.2, -0.15) is 5.10 Å². The highest BCUT2D eigenvalue weighted by atomic mass is 127. The molecule has 2 heterocycles. The van der Waals surface area contributed by atoms with E-state index in [0.29, 0.717) is 26.2 Å². The summed E-state index contributed by atoms with van der Waals surface area (Å²) in [5, 5.41) is 7.55.